The molecule has 1 nitrogen and oxygen atoms in total. The molecule has 18 heavy (non-hydrogen) atoms. The minimum Gasteiger partial charge on any atom is -0.310 e. The van der Waals surface area contributed by atoms with E-state index in [-0.39, 0.29) is 5.82 Å². The van der Waals surface area contributed by atoms with Crippen LogP contribution in [0, 0.1) is 15.3 Å². The second-order valence-electron chi connectivity index (χ2n) is 4.91. The number of hydrogen-bond acceptors (Lipinski definition) is 1. The smallest absolute Gasteiger partial charge is 0.124 e. The average molecular weight is 363 g/mol. The summed E-state index contributed by atoms with van der Waals surface area (Å²) < 4.78 is 14.2. The summed E-state index contributed by atoms with van der Waals surface area (Å²) in [7, 11) is 0. The fourth-order valence-electron chi connectivity index (χ4n) is 2.36. The quantitative estimate of drug-likeness (QED) is 0.679. The highest BCUT2D eigenvalue weighted by Crippen LogP contribution is 2.27. The monoisotopic (exact) mass is 363 g/mol. The third-order valence-corrected chi connectivity index (χ3v) is 4.14. The van der Waals surface area contributed by atoms with Gasteiger partial charge in [0.1, 0.15) is 5.82 Å². The zero-order chi connectivity index (χ0) is 13.5. The number of halogens is 2. The predicted octanol–water partition coefficient (Wildman–Crippen LogP) is 4.91. The Morgan fingerprint density at radius 1 is 1.33 bits per heavy atom. The zero-order valence-corrected chi connectivity index (χ0v) is 13.6. The Balaban J connectivity index is 2.82. The minimum absolute atomic E-state index is 0.153. The Kier molecular flexibility index (Phi) is 7.15. The van der Waals surface area contributed by atoms with E-state index in [1.807, 2.05) is 6.07 Å². The summed E-state index contributed by atoms with van der Waals surface area (Å²) >= 11 is 2.23. The molecule has 0 heterocycles. The zero-order valence-electron chi connectivity index (χ0n) is 11.5. The van der Waals surface area contributed by atoms with Crippen molar-refractivity contribution in [3.63, 3.8) is 0 Å². The van der Waals surface area contributed by atoms with Crippen molar-refractivity contribution >= 4 is 22.6 Å². The van der Waals surface area contributed by atoms with Gasteiger partial charge in [-0.25, -0.2) is 4.39 Å². The van der Waals surface area contributed by atoms with E-state index in [4.69, 9.17) is 0 Å². The molecule has 3 heteroatoms. The van der Waals surface area contributed by atoms with Crippen molar-refractivity contribution in [2.24, 2.45) is 5.92 Å². The third-order valence-electron chi connectivity index (χ3n) is 3.21. The molecule has 0 spiro atoms. The molecule has 2 unspecified atom stereocenters. The number of rotatable bonds is 7. The van der Waals surface area contributed by atoms with Crippen molar-refractivity contribution < 1.29 is 4.39 Å². The molecule has 0 aliphatic heterocycles. The molecule has 102 valence electrons. The lowest BCUT2D eigenvalue weighted by molar-refractivity contribution is 0.394. The van der Waals surface area contributed by atoms with Crippen LogP contribution in [0.2, 0.25) is 0 Å². The highest BCUT2D eigenvalue weighted by atomic mass is 127. The summed E-state index contributed by atoms with van der Waals surface area (Å²) in [6.45, 7) is 7.58. The summed E-state index contributed by atoms with van der Waals surface area (Å²) in [5.41, 5.74) is 1.22. The van der Waals surface area contributed by atoms with Gasteiger partial charge in [-0.3, -0.25) is 0 Å². The molecular weight excluding hydrogens is 340 g/mol. The van der Waals surface area contributed by atoms with Crippen molar-refractivity contribution in [1.29, 1.82) is 0 Å². The SMILES string of the molecule is CCCC(C)CC(NCC)c1ccc(F)cc1I. The van der Waals surface area contributed by atoms with E-state index in [1.165, 1.54) is 18.4 Å². The molecule has 0 saturated heterocycles. The molecule has 1 rings (SSSR count). The van der Waals surface area contributed by atoms with E-state index in [0.717, 1.165) is 16.5 Å². The van der Waals surface area contributed by atoms with Gasteiger partial charge in [-0.05, 0) is 59.2 Å². The van der Waals surface area contributed by atoms with Crippen molar-refractivity contribution in [3.05, 3.63) is 33.1 Å². The highest BCUT2D eigenvalue weighted by Gasteiger charge is 2.16. The topological polar surface area (TPSA) is 12.0 Å². The molecule has 0 aliphatic carbocycles. The van der Waals surface area contributed by atoms with Crippen LogP contribution in [0.3, 0.4) is 0 Å². The molecule has 0 aromatic heterocycles. The second kappa shape index (κ2) is 8.10. The van der Waals surface area contributed by atoms with Crippen LogP contribution in [0.1, 0.15) is 51.6 Å². The third kappa shape index (κ3) is 4.84. The van der Waals surface area contributed by atoms with Crippen molar-refractivity contribution in [1.82, 2.24) is 5.32 Å². The fraction of sp³-hybridized carbons (Fsp3) is 0.600. The lowest BCUT2D eigenvalue weighted by Gasteiger charge is -2.23. The van der Waals surface area contributed by atoms with Gasteiger partial charge in [0.05, 0.1) is 0 Å². The first-order chi connectivity index (χ1) is 8.58. The summed E-state index contributed by atoms with van der Waals surface area (Å²) in [5.74, 6) is 0.542. The van der Waals surface area contributed by atoms with Crippen molar-refractivity contribution in [2.75, 3.05) is 6.54 Å². The second-order valence-corrected chi connectivity index (χ2v) is 6.07. The number of nitrogens with one attached hydrogen (secondary N) is 1. The van der Waals surface area contributed by atoms with E-state index in [2.05, 4.69) is 48.7 Å². The maximum absolute atomic E-state index is 13.2. The average Bonchev–Trinajstić information content (AvgIpc) is 2.29. The van der Waals surface area contributed by atoms with Crippen LogP contribution in [0.5, 0.6) is 0 Å². The van der Waals surface area contributed by atoms with Crippen molar-refractivity contribution in [3.8, 4) is 0 Å². The first-order valence-corrected chi connectivity index (χ1v) is 7.84. The van der Waals surface area contributed by atoms with E-state index < -0.39 is 0 Å². The van der Waals surface area contributed by atoms with E-state index in [0.29, 0.717) is 12.0 Å². The van der Waals surface area contributed by atoms with E-state index in [9.17, 15) is 4.39 Å². The molecule has 1 N–H and O–H groups in total. The van der Waals surface area contributed by atoms with Crippen LogP contribution < -0.4 is 5.32 Å². The van der Waals surface area contributed by atoms with Gasteiger partial charge in [-0.2, -0.15) is 0 Å². The van der Waals surface area contributed by atoms with E-state index in [1.54, 1.807) is 12.1 Å². The maximum Gasteiger partial charge on any atom is 0.124 e. The van der Waals surface area contributed by atoms with Gasteiger partial charge in [0.15, 0.2) is 0 Å². The van der Waals surface area contributed by atoms with Gasteiger partial charge in [0.25, 0.3) is 0 Å². The molecule has 1 aromatic rings. The molecule has 2 atom stereocenters. The number of benzene rings is 1. The van der Waals surface area contributed by atoms with Gasteiger partial charge in [-0.1, -0.05) is 39.7 Å². The molecule has 0 fully saturated rings. The Morgan fingerprint density at radius 2 is 2.06 bits per heavy atom. The molecule has 0 radical (unpaired) electrons. The highest BCUT2D eigenvalue weighted by molar-refractivity contribution is 14.1. The summed E-state index contributed by atoms with van der Waals surface area (Å²) in [6.07, 6.45) is 3.59. The molecule has 0 bridgehead atoms. The molecule has 0 amide bonds. The van der Waals surface area contributed by atoms with Crippen LogP contribution in [-0.4, -0.2) is 6.54 Å². The Morgan fingerprint density at radius 3 is 2.61 bits per heavy atom. The first kappa shape index (κ1) is 15.9. The number of hydrogen-bond donors (Lipinski definition) is 1. The Labute approximate surface area is 124 Å². The standard InChI is InChI=1S/C15H23FIN/c1-4-6-11(3)9-15(18-5-2)13-8-7-12(16)10-14(13)17/h7-8,10-11,15,18H,4-6,9H2,1-3H3. The summed E-state index contributed by atoms with van der Waals surface area (Å²) in [5, 5.41) is 3.52. The van der Waals surface area contributed by atoms with Crippen LogP contribution >= 0.6 is 22.6 Å². The lowest BCUT2D eigenvalue weighted by Crippen LogP contribution is -2.23. The van der Waals surface area contributed by atoms with Crippen molar-refractivity contribution in [2.45, 2.75) is 46.1 Å². The summed E-state index contributed by atoms with van der Waals surface area (Å²) in [4.78, 5) is 0. The minimum atomic E-state index is -0.153. The predicted molar refractivity (Wildman–Crippen MR) is 84.2 cm³/mol. The normalized spacial score (nSPS) is 14.5. The largest absolute Gasteiger partial charge is 0.310 e. The van der Waals surface area contributed by atoms with E-state index >= 15 is 0 Å². The lowest BCUT2D eigenvalue weighted by atomic mass is 9.93. The first-order valence-electron chi connectivity index (χ1n) is 6.76. The van der Waals surface area contributed by atoms with Gasteiger partial charge in [0, 0.05) is 9.61 Å². The van der Waals surface area contributed by atoms with Gasteiger partial charge in [0.2, 0.25) is 0 Å². The van der Waals surface area contributed by atoms with Crippen LogP contribution in [0.4, 0.5) is 4.39 Å². The van der Waals surface area contributed by atoms with Gasteiger partial charge >= 0.3 is 0 Å². The maximum atomic E-state index is 13.2. The van der Waals surface area contributed by atoms with Gasteiger partial charge < -0.3 is 5.32 Å². The van der Waals surface area contributed by atoms with Crippen LogP contribution in [-0.2, 0) is 0 Å². The molecular formula is C15H23FIN. The fourth-order valence-corrected chi connectivity index (χ4v) is 3.22. The van der Waals surface area contributed by atoms with Crippen LogP contribution in [0.25, 0.3) is 0 Å². The molecule has 0 saturated carbocycles. The Hall–Kier alpha value is -0.160. The molecule has 0 aliphatic rings. The molecule has 1 aromatic carbocycles. The van der Waals surface area contributed by atoms with Crippen LogP contribution in [0.15, 0.2) is 18.2 Å². The van der Waals surface area contributed by atoms with Gasteiger partial charge in [-0.15, -0.1) is 0 Å². The summed E-state index contributed by atoms with van der Waals surface area (Å²) in [6, 6.07) is 5.43. The Bertz CT molecular complexity index is 368.